The molecule has 3 heterocycles. The molecule has 0 spiro atoms. The predicted molar refractivity (Wildman–Crippen MR) is 146 cm³/mol. The zero-order valence-corrected chi connectivity index (χ0v) is 22.3. The number of thioether (sulfide) groups is 1. The van der Waals surface area contributed by atoms with E-state index in [1.807, 2.05) is 71.8 Å². The monoisotopic (exact) mass is 533 g/mol. The lowest BCUT2D eigenvalue weighted by atomic mass is 9.93. The quantitative estimate of drug-likeness (QED) is 0.468. The second-order valence-corrected chi connectivity index (χ2v) is 10.1. The van der Waals surface area contributed by atoms with Crippen molar-refractivity contribution in [2.75, 3.05) is 20.3 Å². The highest BCUT2D eigenvalue weighted by Crippen LogP contribution is 2.46. The number of rotatable bonds is 9. The summed E-state index contributed by atoms with van der Waals surface area (Å²) < 4.78 is 17.1. The number of para-hydroxylation sites is 1. The van der Waals surface area contributed by atoms with Gasteiger partial charge in [0.25, 0.3) is 0 Å². The molecule has 9 heteroatoms. The Hall–Kier alpha value is -3.56. The standard InChI is InChI=1S/C29H31N3O5S/c1-19-26(28(34)37-17-20-9-4-3-5-10-20)27(23-12-6-7-13-24(23)35-2)32-21(18-38-29(32)31-19)15-25(33)30-16-22-11-8-14-36-22/h3-7,9-10,12-13,18,22,27H,8,11,14-17H2,1-2H3,(H,30,33)/t22-,27-/m1/s1. The number of amidine groups is 1. The van der Waals surface area contributed by atoms with Crippen molar-refractivity contribution in [3.8, 4) is 5.75 Å². The number of carbonyl (C=O) groups excluding carboxylic acids is 2. The van der Waals surface area contributed by atoms with Gasteiger partial charge in [0.15, 0.2) is 5.17 Å². The molecule has 2 aromatic carbocycles. The van der Waals surface area contributed by atoms with Gasteiger partial charge in [-0.2, -0.15) is 0 Å². The first-order chi connectivity index (χ1) is 18.5. The molecule has 0 unspecified atom stereocenters. The Kier molecular flexibility index (Phi) is 8.14. The molecule has 3 aliphatic heterocycles. The number of nitrogens with one attached hydrogen (secondary N) is 1. The van der Waals surface area contributed by atoms with Crippen LogP contribution < -0.4 is 10.1 Å². The van der Waals surface area contributed by atoms with Crippen LogP contribution in [0.2, 0.25) is 0 Å². The number of hydrogen-bond acceptors (Lipinski definition) is 8. The molecule has 0 saturated carbocycles. The molecule has 3 aliphatic rings. The van der Waals surface area contributed by atoms with Crippen LogP contribution in [0.15, 0.2) is 82.0 Å². The number of allylic oxidation sites excluding steroid dienone is 1. The predicted octanol–water partition coefficient (Wildman–Crippen LogP) is 4.70. The summed E-state index contributed by atoms with van der Waals surface area (Å²) in [4.78, 5) is 33.2. The van der Waals surface area contributed by atoms with Crippen LogP contribution in [0, 0.1) is 0 Å². The van der Waals surface area contributed by atoms with E-state index in [4.69, 9.17) is 19.2 Å². The van der Waals surface area contributed by atoms with Gasteiger partial charge in [-0.25, -0.2) is 9.79 Å². The lowest BCUT2D eigenvalue weighted by Gasteiger charge is -2.36. The Balaban J connectivity index is 1.42. The third-order valence-electron chi connectivity index (χ3n) is 6.76. The molecule has 1 saturated heterocycles. The Morgan fingerprint density at radius 3 is 2.71 bits per heavy atom. The van der Waals surface area contributed by atoms with Crippen molar-refractivity contribution in [3.63, 3.8) is 0 Å². The minimum absolute atomic E-state index is 0.0656. The summed E-state index contributed by atoms with van der Waals surface area (Å²) in [7, 11) is 1.61. The molecule has 5 rings (SSSR count). The number of ether oxygens (including phenoxy) is 3. The molecule has 0 aromatic heterocycles. The van der Waals surface area contributed by atoms with Crippen molar-refractivity contribution in [1.82, 2.24) is 10.2 Å². The van der Waals surface area contributed by atoms with Gasteiger partial charge in [0.05, 0.1) is 36.9 Å². The van der Waals surface area contributed by atoms with Crippen molar-refractivity contribution in [2.45, 2.75) is 44.9 Å². The van der Waals surface area contributed by atoms with Crippen molar-refractivity contribution < 1.29 is 23.8 Å². The number of nitrogens with zero attached hydrogens (tertiary/aromatic N) is 2. The first-order valence-electron chi connectivity index (χ1n) is 12.7. The van der Waals surface area contributed by atoms with Gasteiger partial charge in [0.2, 0.25) is 5.91 Å². The van der Waals surface area contributed by atoms with Crippen LogP contribution in [-0.4, -0.2) is 48.3 Å². The number of hydrogen-bond donors (Lipinski definition) is 1. The molecule has 1 fully saturated rings. The summed E-state index contributed by atoms with van der Waals surface area (Å²) in [5.74, 6) is 0.0787. The second kappa shape index (κ2) is 11.9. The number of methoxy groups -OCH3 is 1. The van der Waals surface area contributed by atoms with Crippen LogP contribution in [0.5, 0.6) is 5.75 Å². The third kappa shape index (κ3) is 5.63. The van der Waals surface area contributed by atoms with Crippen LogP contribution in [0.3, 0.4) is 0 Å². The molecule has 1 amide bonds. The fourth-order valence-electron chi connectivity index (χ4n) is 4.88. The number of amides is 1. The molecular formula is C29H31N3O5S. The molecule has 2 atom stereocenters. The minimum atomic E-state index is -0.561. The van der Waals surface area contributed by atoms with Crippen molar-refractivity contribution >= 4 is 28.8 Å². The van der Waals surface area contributed by atoms with Gasteiger partial charge >= 0.3 is 5.97 Å². The molecular weight excluding hydrogens is 502 g/mol. The lowest BCUT2D eigenvalue weighted by molar-refractivity contribution is -0.141. The van der Waals surface area contributed by atoms with Crippen LogP contribution in [0.1, 0.15) is 43.4 Å². The number of aliphatic imine (C=N–C) groups is 1. The van der Waals surface area contributed by atoms with Gasteiger partial charge in [-0.1, -0.05) is 60.3 Å². The molecule has 8 nitrogen and oxygen atoms in total. The minimum Gasteiger partial charge on any atom is -0.496 e. The summed E-state index contributed by atoms with van der Waals surface area (Å²) in [6, 6.07) is 16.6. The maximum absolute atomic E-state index is 13.6. The summed E-state index contributed by atoms with van der Waals surface area (Å²) in [6.07, 6.45) is 2.19. The maximum Gasteiger partial charge on any atom is 0.338 e. The zero-order chi connectivity index (χ0) is 26.5. The summed E-state index contributed by atoms with van der Waals surface area (Å²) in [5, 5.41) is 5.63. The average molecular weight is 534 g/mol. The van der Waals surface area contributed by atoms with E-state index in [0.29, 0.717) is 28.7 Å². The largest absolute Gasteiger partial charge is 0.496 e. The van der Waals surface area contributed by atoms with Crippen LogP contribution in [-0.2, 0) is 25.7 Å². The molecule has 0 bridgehead atoms. The second-order valence-electron chi connectivity index (χ2n) is 9.31. The van der Waals surface area contributed by atoms with E-state index in [-0.39, 0.29) is 25.0 Å². The van der Waals surface area contributed by atoms with Gasteiger partial charge in [-0.15, -0.1) is 0 Å². The van der Waals surface area contributed by atoms with Crippen LogP contribution >= 0.6 is 11.8 Å². The van der Waals surface area contributed by atoms with Gasteiger partial charge in [0.1, 0.15) is 12.4 Å². The Bertz CT molecular complexity index is 1280. The summed E-state index contributed by atoms with van der Waals surface area (Å²) >= 11 is 1.44. The van der Waals surface area contributed by atoms with E-state index in [2.05, 4.69) is 5.32 Å². The van der Waals surface area contributed by atoms with Gasteiger partial charge in [0, 0.05) is 24.4 Å². The Labute approximate surface area is 226 Å². The highest BCUT2D eigenvalue weighted by atomic mass is 32.2. The van der Waals surface area contributed by atoms with Crippen molar-refractivity contribution in [2.24, 2.45) is 4.99 Å². The third-order valence-corrected chi connectivity index (χ3v) is 7.65. The smallest absolute Gasteiger partial charge is 0.338 e. The van der Waals surface area contributed by atoms with E-state index in [1.165, 1.54) is 11.8 Å². The van der Waals surface area contributed by atoms with E-state index >= 15 is 0 Å². The van der Waals surface area contributed by atoms with E-state index in [1.54, 1.807) is 7.11 Å². The van der Waals surface area contributed by atoms with Crippen LogP contribution in [0.25, 0.3) is 0 Å². The molecule has 198 valence electrons. The first kappa shape index (κ1) is 26.1. The first-order valence-corrected chi connectivity index (χ1v) is 13.6. The summed E-state index contributed by atoms with van der Waals surface area (Å²) in [5.41, 5.74) is 3.45. The van der Waals surface area contributed by atoms with Crippen molar-refractivity contribution in [3.05, 3.63) is 88.1 Å². The fourth-order valence-corrected chi connectivity index (χ4v) is 5.84. The highest BCUT2D eigenvalue weighted by Gasteiger charge is 2.42. The van der Waals surface area contributed by atoms with Gasteiger partial charge in [-0.05, 0) is 36.8 Å². The molecule has 2 aromatic rings. The zero-order valence-electron chi connectivity index (χ0n) is 21.5. The van der Waals surface area contributed by atoms with E-state index < -0.39 is 12.0 Å². The van der Waals surface area contributed by atoms with Gasteiger partial charge in [-0.3, -0.25) is 4.79 Å². The normalized spacial score (nSPS) is 20.5. The molecule has 0 radical (unpaired) electrons. The molecule has 0 aliphatic carbocycles. The van der Waals surface area contributed by atoms with Crippen molar-refractivity contribution in [1.29, 1.82) is 0 Å². The highest BCUT2D eigenvalue weighted by molar-refractivity contribution is 8.16. The number of esters is 1. The number of benzene rings is 2. The Morgan fingerprint density at radius 2 is 1.95 bits per heavy atom. The topological polar surface area (TPSA) is 89.5 Å². The summed E-state index contributed by atoms with van der Waals surface area (Å²) in [6.45, 7) is 3.20. The molecule has 38 heavy (non-hydrogen) atoms. The average Bonchev–Trinajstić information content (AvgIpc) is 3.60. The lowest BCUT2D eigenvalue weighted by Crippen LogP contribution is -2.39. The van der Waals surface area contributed by atoms with Crippen LogP contribution in [0.4, 0.5) is 0 Å². The SMILES string of the molecule is COc1ccccc1[C@@H]1C(C(=O)OCc2ccccc2)=C(C)N=C2SC=C(CC(=O)NC[C@H]3CCCO3)N21. The Morgan fingerprint density at radius 1 is 1.16 bits per heavy atom. The fraction of sp³-hybridized carbons (Fsp3) is 0.345. The van der Waals surface area contributed by atoms with Gasteiger partial charge < -0.3 is 24.4 Å². The number of carbonyl (C=O) groups is 2. The van der Waals surface area contributed by atoms with E-state index in [0.717, 1.165) is 36.3 Å². The number of fused-ring (bicyclic) bond motifs is 1. The maximum atomic E-state index is 13.6. The van der Waals surface area contributed by atoms with E-state index in [9.17, 15) is 9.59 Å². The molecule has 1 N–H and O–H groups in total.